The summed E-state index contributed by atoms with van der Waals surface area (Å²) in [6.45, 7) is 0.772. The summed E-state index contributed by atoms with van der Waals surface area (Å²) in [5.74, 6) is -0.240. The van der Waals surface area contributed by atoms with Gasteiger partial charge in [-0.05, 0) is 52.0 Å². The van der Waals surface area contributed by atoms with Crippen LogP contribution in [0.25, 0.3) is 0 Å². The highest BCUT2D eigenvalue weighted by Gasteiger charge is 2.40. The van der Waals surface area contributed by atoms with Crippen molar-refractivity contribution in [1.82, 2.24) is 4.90 Å². The lowest BCUT2D eigenvalue weighted by molar-refractivity contribution is -0.121. The minimum Gasteiger partial charge on any atom is -0.309 e. The lowest BCUT2D eigenvalue weighted by Crippen LogP contribution is -2.40. The second kappa shape index (κ2) is 7.00. The molecule has 0 radical (unpaired) electrons. The number of hydrogen-bond donors (Lipinski definition) is 0. The summed E-state index contributed by atoms with van der Waals surface area (Å²) in [6.07, 6.45) is 5.68. The van der Waals surface area contributed by atoms with Gasteiger partial charge in [0.2, 0.25) is 0 Å². The summed E-state index contributed by atoms with van der Waals surface area (Å²) >= 11 is 0. The molecule has 2 nitrogen and oxygen atoms in total. The molecule has 0 amide bonds. The van der Waals surface area contributed by atoms with Crippen molar-refractivity contribution in [2.75, 3.05) is 20.6 Å². The van der Waals surface area contributed by atoms with Crippen LogP contribution in [-0.4, -0.2) is 31.3 Å². The van der Waals surface area contributed by atoms with Gasteiger partial charge in [0.05, 0.1) is 5.41 Å². The molecule has 0 aromatic heterocycles. The zero-order chi connectivity index (χ0) is 13.9. The predicted molar refractivity (Wildman–Crippen MR) is 81.9 cm³/mol. The zero-order valence-electron chi connectivity index (χ0n) is 11.9. The number of rotatable bonds is 4. The van der Waals surface area contributed by atoms with Crippen molar-refractivity contribution in [2.45, 2.75) is 24.7 Å². The summed E-state index contributed by atoms with van der Waals surface area (Å²) < 4.78 is 14.1. The summed E-state index contributed by atoms with van der Waals surface area (Å²) in [4.78, 5) is 14.4. The summed E-state index contributed by atoms with van der Waals surface area (Å²) in [7, 11) is 3.94. The average molecular weight is 298 g/mol. The topological polar surface area (TPSA) is 20.3 Å². The number of hydrogen-bond acceptors (Lipinski definition) is 2. The Morgan fingerprint density at radius 2 is 2.00 bits per heavy atom. The van der Waals surface area contributed by atoms with Gasteiger partial charge < -0.3 is 4.90 Å². The van der Waals surface area contributed by atoms with E-state index in [9.17, 15) is 9.18 Å². The molecule has 0 saturated carbocycles. The van der Waals surface area contributed by atoms with E-state index >= 15 is 0 Å². The van der Waals surface area contributed by atoms with Crippen molar-refractivity contribution in [3.8, 4) is 0 Å². The lowest BCUT2D eigenvalue weighted by atomic mass is 9.68. The van der Waals surface area contributed by atoms with E-state index in [2.05, 4.69) is 0 Å². The first-order valence-electron chi connectivity index (χ1n) is 6.67. The monoisotopic (exact) mass is 297 g/mol. The van der Waals surface area contributed by atoms with Gasteiger partial charge in [0.1, 0.15) is 5.82 Å². The first-order chi connectivity index (χ1) is 9.06. The maximum atomic E-state index is 14.1. The molecule has 0 spiro atoms. The Bertz CT molecular complexity index is 501. The van der Waals surface area contributed by atoms with E-state index in [1.54, 1.807) is 24.3 Å². The van der Waals surface area contributed by atoms with E-state index in [-0.39, 0.29) is 24.0 Å². The molecule has 1 unspecified atom stereocenters. The maximum Gasteiger partial charge on any atom is 0.166 e. The number of carbonyl (C=O) groups is 1. The van der Waals surface area contributed by atoms with Crippen molar-refractivity contribution in [3.63, 3.8) is 0 Å². The fourth-order valence-electron chi connectivity index (χ4n) is 2.72. The summed E-state index contributed by atoms with van der Waals surface area (Å²) in [5, 5.41) is 0. The summed E-state index contributed by atoms with van der Waals surface area (Å²) in [6, 6.07) is 6.67. The third-order valence-corrected chi connectivity index (χ3v) is 3.85. The first kappa shape index (κ1) is 16.9. The van der Waals surface area contributed by atoms with Gasteiger partial charge in [-0.2, -0.15) is 0 Å². The molecule has 1 aromatic carbocycles. The normalized spacial score (nSPS) is 21.9. The second-order valence-electron chi connectivity index (χ2n) is 5.42. The Hall–Kier alpha value is -1.19. The van der Waals surface area contributed by atoms with Crippen molar-refractivity contribution in [2.24, 2.45) is 0 Å². The highest BCUT2D eigenvalue weighted by Crippen LogP contribution is 2.38. The Morgan fingerprint density at radius 1 is 1.30 bits per heavy atom. The van der Waals surface area contributed by atoms with Crippen LogP contribution >= 0.6 is 12.4 Å². The quantitative estimate of drug-likeness (QED) is 0.849. The van der Waals surface area contributed by atoms with E-state index in [0.29, 0.717) is 18.4 Å². The smallest absolute Gasteiger partial charge is 0.166 e. The predicted octanol–water partition coefficient (Wildman–Crippen LogP) is 3.36. The highest BCUT2D eigenvalue weighted by atomic mass is 35.5. The number of carbonyl (C=O) groups excluding carboxylic acids is 1. The zero-order valence-corrected chi connectivity index (χ0v) is 12.8. The Balaban J connectivity index is 0.00000200. The molecular weight excluding hydrogens is 277 g/mol. The van der Waals surface area contributed by atoms with Gasteiger partial charge in [-0.1, -0.05) is 24.3 Å². The fourth-order valence-corrected chi connectivity index (χ4v) is 2.72. The minimum absolute atomic E-state index is 0. The third kappa shape index (κ3) is 3.28. The van der Waals surface area contributed by atoms with Crippen LogP contribution < -0.4 is 0 Å². The van der Waals surface area contributed by atoms with Crippen molar-refractivity contribution >= 4 is 18.2 Å². The molecule has 0 fully saturated rings. The first-order valence-corrected chi connectivity index (χ1v) is 6.67. The van der Waals surface area contributed by atoms with Crippen molar-refractivity contribution in [3.05, 3.63) is 47.8 Å². The Kier molecular flexibility index (Phi) is 5.90. The largest absolute Gasteiger partial charge is 0.309 e. The van der Waals surface area contributed by atoms with Gasteiger partial charge in [0.15, 0.2) is 5.78 Å². The van der Waals surface area contributed by atoms with E-state index in [0.717, 1.165) is 13.0 Å². The third-order valence-electron chi connectivity index (χ3n) is 3.85. The van der Waals surface area contributed by atoms with Crippen LogP contribution in [0.2, 0.25) is 0 Å². The standard InChI is InChI=1S/C16H20FNO.ClH/c1-18(2)12-11-16(10-6-5-9-15(16)19)13-7-3-4-8-14(13)17;/h3-5,7-9H,6,10-12H2,1-2H3;1H. The maximum absolute atomic E-state index is 14.1. The van der Waals surface area contributed by atoms with Crippen LogP contribution in [0.5, 0.6) is 0 Å². The number of benzene rings is 1. The second-order valence-corrected chi connectivity index (χ2v) is 5.42. The van der Waals surface area contributed by atoms with E-state index in [1.165, 1.54) is 6.07 Å². The molecule has 2 rings (SSSR count). The van der Waals surface area contributed by atoms with Crippen LogP contribution in [0.1, 0.15) is 24.8 Å². The molecule has 1 atom stereocenters. The van der Waals surface area contributed by atoms with Gasteiger partial charge in [-0.15, -0.1) is 12.4 Å². The van der Waals surface area contributed by atoms with E-state index in [1.807, 2.05) is 25.1 Å². The molecular formula is C16H21ClFNO. The average Bonchev–Trinajstić information content (AvgIpc) is 2.39. The summed E-state index contributed by atoms with van der Waals surface area (Å²) in [5.41, 5.74) is -0.143. The van der Waals surface area contributed by atoms with Gasteiger partial charge in [0, 0.05) is 5.56 Å². The molecule has 0 aliphatic heterocycles. The van der Waals surface area contributed by atoms with Gasteiger partial charge >= 0.3 is 0 Å². The molecule has 20 heavy (non-hydrogen) atoms. The van der Waals surface area contributed by atoms with Crippen LogP contribution in [-0.2, 0) is 10.2 Å². The molecule has 0 heterocycles. The van der Waals surface area contributed by atoms with Crippen LogP contribution in [0.3, 0.4) is 0 Å². The van der Waals surface area contributed by atoms with E-state index < -0.39 is 5.41 Å². The molecule has 0 bridgehead atoms. The lowest BCUT2D eigenvalue weighted by Gasteiger charge is -2.35. The fraction of sp³-hybridized carbons (Fsp3) is 0.438. The van der Waals surface area contributed by atoms with E-state index in [4.69, 9.17) is 0 Å². The molecule has 1 aliphatic rings. The van der Waals surface area contributed by atoms with Crippen molar-refractivity contribution in [1.29, 1.82) is 0 Å². The van der Waals surface area contributed by atoms with Crippen LogP contribution in [0, 0.1) is 5.82 Å². The number of halogens is 2. The van der Waals surface area contributed by atoms with Gasteiger partial charge in [-0.25, -0.2) is 4.39 Å². The molecule has 4 heteroatoms. The van der Waals surface area contributed by atoms with Crippen LogP contribution in [0.4, 0.5) is 4.39 Å². The molecule has 0 saturated heterocycles. The van der Waals surface area contributed by atoms with Gasteiger partial charge in [-0.3, -0.25) is 4.79 Å². The minimum atomic E-state index is -0.690. The number of nitrogens with zero attached hydrogens (tertiary/aromatic N) is 1. The Morgan fingerprint density at radius 3 is 2.60 bits per heavy atom. The van der Waals surface area contributed by atoms with Gasteiger partial charge in [0.25, 0.3) is 0 Å². The highest BCUT2D eigenvalue weighted by molar-refractivity contribution is 5.99. The van der Waals surface area contributed by atoms with Crippen LogP contribution in [0.15, 0.2) is 36.4 Å². The number of ketones is 1. The van der Waals surface area contributed by atoms with Crippen molar-refractivity contribution < 1.29 is 9.18 Å². The molecule has 1 aromatic rings. The Labute approximate surface area is 126 Å². The molecule has 110 valence electrons. The number of allylic oxidation sites excluding steroid dienone is 2. The SMILES string of the molecule is CN(C)CCC1(c2ccccc2F)CCC=CC1=O.Cl. The molecule has 0 N–H and O–H groups in total. The molecule has 1 aliphatic carbocycles.